The van der Waals surface area contributed by atoms with Gasteiger partial charge in [0.1, 0.15) is 5.75 Å². The molecule has 0 spiro atoms. The van der Waals surface area contributed by atoms with E-state index in [0.29, 0.717) is 6.61 Å². The van der Waals surface area contributed by atoms with Gasteiger partial charge in [0.25, 0.3) is 0 Å². The van der Waals surface area contributed by atoms with Gasteiger partial charge < -0.3 is 10.1 Å². The molecule has 0 aromatic heterocycles. The van der Waals surface area contributed by atoms with Crippen molar-refractivity contribution in [2.45, 2.75) is 20.4 Å². The van der Waals surface area contributed by atoms with Gasteiger partial charge in [-0.3, -0.25) is 0 Å². The lowest BCUT2D eigenvalue weighted by molar-refractivity contribution is 0.337. The molecular formula is C16H18BrNO. The van der Waals surface area contributed by atoms with Crippen molar-refractivity contribution in [3.05, 3.63) is 58.1 Å². The van der Waals surface area contributed by atoms with Crippen molar-refractivity contribution in [2.75, 3.05) is 11.9 Å². The normalized spacial score (nSPS) is 10.3. The topological polar surface area (TPSA) is 21.3 Å². The molecule has 0 aliphatic rings. The lowest BCUT2D eigenvalue weighted by Gasteiger charge is -2.12. The zero-order valence-electron chi connectivity index (χ0n) is 11.2. The highest BCUT2D eigenvalue weighted by atomic mass is 79.9. The van der Waals surface area contributed by atoms with Gasteiger partial charge in [-0.1, -0.05) is 34.1 Å². The van der Waals surface area contributed by atoms with Gasteiger partial charge >= 0.3 is 0 Å². The average molecular weight is 320 g/mol. The Morgan fingerprint density at radius 2 is 1.95 bits per heavy atom. The van der Waals surface area contributed by atoms with E-state index in [9.17, 15) is 0 Å². The fourth-order valence-electron chi connectivity index (χ4n) is 1.90. The molecule has 0 aliphatic carbocycles. The first-order chi connectivity index (χ1) is 9.20. The molecule has 2 rings (SSSR count). The molecule has 0 atom stereocenters. The van der Waals surface area contributed by atoms with Crippen molar-refractivity contribution in [3.63, 3.8) is 0 Å². The van der Waals surface area contributed by atoms with Crippen LogP contribution in [0.2, 0.25) is 0 Å². The second-order valence-corrected chi connectivity index (χ2v) is 5.21. The van der Waals surface area contributed by atoms with Crippen molar-refractivity contribution in [1.82, 2.24) is 0 Å². The SMILES string of the molecule is CCOc1ccccc1CNc1ccc(Br)c(C)c1. The Morgan fingerprint density at radius 1 is 1.16 bits per heavy atom. The van der Waals surface area contributed by atoms with E-state index in [0.717, 1.165) is 22.5 Å². The molecule has 0 heterocycles. The third-order valence-corrected chi connectivity index (χ3v) is 3.80. The van der Waals surface area contributed by atoms with Crippen molar-refractivity contribution >= 4 is 21.6 Å². The zero-order valence-corrected chi connectivity index (χ0v) is 12.8. The van der Waals surface area contributed by atoms with Gasteiger partial charge in [0, 0.05) is 22.3 Å². The highest BCUT2D eigenvalue weighted by molar-refractivity contribution is 9.10. The molecule has 0 aliphatic heterocycles. The number of anilines is 1. The summed E-state index contributed by atoms with van der Waals surface area (Å²) in [5.41, 5.74) is 3.51. The number of nitrogens with one attached hydrogen (secondary N) is 1. The van der Waals surface area contributed by atoms with E-state index in [2.05, 4.69) is 52.4 Å². The van der Waals surface area contributed by atoms with E-state index < -0.39 is 0 Å². The Labute approximate surface area is 122 Å². The lowest BCUT2D eigenvalue weighted by Crippen LogP contribution is -2.03. The molecule has 0 bridgehead atoms. The number of para-hydroxylation sites is 1. The molecular weight excluding hydrogens is 302 g/mol. The van der Waals surface area contributed by atoms with Gasteiger partial charge in [-0.25, -0.2) is 0 Å². The van der Waals surface area contributed by atoms with E-state index >= 15 is 0 Å². The van der Waals surface area contributed by atoms with Gasteiger partial charge in [0.05, 0.1) is 6.61 Å². The first kappa shape index (κ1) is 13.9. The van der Waals surface area contributed by atoms with E-state index in [1.165, 1.54) is 11.1 Å². The maximum absolute atomic E-state index is 5.62. The van der Waals surface area contributed by atoms with E-state index in [1.807, 2.05) is 25.1 Å². The maximum atomic E-state index is 5.62. The largest absolute Gasteiger partial charge is 0.494 e. The molecule has 100 valence electrons. The van der Waals surface area contributed by atoms with E-state index in [-0.39, 0.29) is 0 Å². The summed E-state index contributed by atoms with van der Waals surface area (Å²) < 4.78 is 6.75. The number of aryl methyl sites for hydroxylation is 1. The van der Waals surface area contributed by atoms with Gasteiger partial charge in [-0.05, 0) is 43.7 Å². The molecule has 2 aromatic carbocycles. The third-order valence-electron chi connectivity index (χ3n) is 2.91. The van der Waals surface area contributed by atoms with Crippen molar-refractivity contribution in [3.8, 4) is 5.75 Å². The molecule has 0 saturated carbocycles. The number of halogens is 1. The van der Waals surface area contributed by atoms with Gasteiger partial charge in [-0.2, -0.15) is 0 Å². The second-order valence-electron chi connectivity index (χ2n) is 4.36. The monoisotopic (exact) mass is 319 g/mol. The number of benzene rings is 2. The van der Waals surface area contributed by atoms with Crippen LogP contribution in [-0.2, 0) is 6.54 Å². The maximum Gasteiger partial charge on any atom is 0.124 e. The van der Waals surface area contributed by atoms with Gasteiger partial charge in [0.2, 0.25) is 0 Å². The number of ether oxygens (including phenoxy) is 1. The second kappa shape index (κ2) is 6.62. The van der Waals surface area contributed by atoms with Crippen LogP contribution in [0.4, 0.5) is 5.69 Å². The molecule has 0 radical (unpaired) electrons. The van der Waals surface area contributed by atoms with Crippen LogP contribution < -0.4 is 10.1 Å². The summed E-state index contributed by atoms with van der Waals surface area (Å²) in [5.74, 6) is 0.950. The summed E-state index contributed by atoms with van der Waals surface area (Å²) in [6.07, 6.45) is 0. The van der Waals surface area contributed by atoms with Crippen LogP contribution in [0.5, 0.6) is 5.75 Å². The van der Waals surface area contributed by atoms with Crippen LogP contribution in [0, 0.1) is 6.92 Å². The van der Waals surface area contributed by atoms with Crippen LogP contribution in [-0.4, -0.2) is 6.61 Å². The van der Waals surface area contributed by atoms with E-state index in [4.69, 9.17) is 4.74 Å². The Balaban J connectivity index is 2.07. The van der Waals surface area contributed by atoms with Crippen molar-refractivity contribution in [2.24, 2.45) is 0 Å². The van der Waals surface area contributed by atoms with Crippen molar-refractivity contribution in [1.29, 1.82) is 0 Å². The molecule has 0 amide bonds. The minimum Gasteiger partial charge on any atom is -0.494 e. The first-order valence-electron chi connectivity index (χ1n) is 6.41. The van der Waals surface area contributed by atoms with Gasteiger partial charge in [0.15, 0.2) is 0 Å². The fourth-order valence-corrected chi connectivity index (χ4v) is 2.14. The van der Waals surface area contributed by atoms with Crippen LogP contribution in [0.15, 0.2) is 46.9 Å². The number of rotatable bonds is 5. The lowest BCUT2D eigenvalue weighted by atomic mass is 10.2. The Hall–Kier alpha value is -1.48. The minimum absolute atomic E-state index is 0.689. The molecule has 1 N–H and O–H groups in total. The molecule has 2 aromatic rings. The molecule has 2 nitrogen and oxygen atoms in total. The average Bonchev–Trinajstić information content (AvgIpc) is 2.42. The highest BCUT2D eigenvalue weighted by Gasteiger charge is 2.03. The fraction of sp³-hybridized carbons (Fsp3) is 0.250. The summed E-state index contributed by atoms with van der Waals surface area (Å²) in [7, 11) is 0. The number of hydrogen-bond acceptors (Lipinski definition) is 2. The predicted octanol–water partition coefficient (Wildman–Crippen LogP) is 4.77. The van der Waals surface area contributed by atoms with Gasteiger partial charge in [-0.15, -0.1) is 0 Å². The summed E-state index contributed by atoms with van der Waals surface area (Å²) in [5, 5.41) is 3.43. The smallest absolute Gasteiger partial charge is 0.124 e. The summed E-state index contributed by atoms with van der Waals surface area (Å²) >= 11 is 3.51. The summed E-state index contributed by atoms with van der Waals surface area (Å²) in [6, 6.07) is 14.4. The van der Waals surface area contributed by atoms with Crippen LogP contribution in [0.3, 0.4) is 0 Å². The molecule has 0 unspecified atom stereocenters. The molecule has 0 fully saturated rings. The summed E-state index contributed by atoms with van der Waals surface area (Å²) in [6.45, 7) is 5.54. The summed E-state index contributed by atoms with van der Waals surface area (Å²) in [4.78, 5) is 0. The standard InChI is InChI=1S/C16H18BrNO/c1-3-19-16-7-5-4-6-13(16)11-18-14-8-9-15(17)12(2)10-14/h4-10,18H,3,11H2,1-2H3. The predicted molar refractivity (Wildman–Crippen MR) is 83.8 cm³/mol. The Morgan fingerprint density at radius 3 is 2.68 bits per heavy atom. The number of hydrogen-bond donors (Lipinski definition) is 1. The minimum atomic E-state index is 0.689. The van der Waals surface area contributed by atoms with Crippen molar-refractivity contribution < 1.29 is 4.74 Å². The molecule has 19 heavy (non-hydrogen) atoms. The molecule has 3 heteroatoms. The third kappa shape index (κ3) is 3.74. The first-order valence-corrected chi connectivity index (χ1v) is 7.20. The Bertz CT molecular complexity index is 554. The van der Waals surface area contributed by atoms with Crippen LogP contribution in [0.1, 0.15) is 18.1 Å². The van der Waals surface area contributed by atoms with Crippen LogP contribution >= 0.6 is 15.9 Å². The van der Waals surface area contributed by atoms with E-state index in [1.54, 1.807) is 0 Å². The Kier molecular flexibility index (Phi) is 4.86. The van der Waals surface area contributed by atoms with Crippen LogP contribution in [0.25, 0.3) is 0 Å². The quantitative estimate of drug-likeness (QED) is 0.857. The zero-order chi connectivity index (χ0) is 13.7. The highest BCUT2D eigenvalue weighted by Crippen LogP contribution is 2.22. The molecule has 0 saturated heterocycles.